The van der Waals surface area contributed by atoms with Crippen LogP contribution in [0, 0.1) is 11.8 Å². The molecule has 2 saturated heterocycles. The van der Waals surface area contributed by atoms with Crippen molar-refractivity contribution in [3.8, 4) is 0 Å². The third-order valence-electron chi connectivity index (χ3n) is 6.17. The highest BCUT2D eigenvalue weighted by atomic mass is 16.2. The largest absolute Gasteiger partial charge is 0.341 e. The van der Waals surface area contributed by atoms with Crippen molar-refractivity contribution in [2.75, 3.05) is 19.6 Å². The van der Waals surface area contributed by atoms with Gasteiger partial charge in [-0.2, -0.15) is 0 Å². The Kier molecular flexibility index (Phi) is 4.44. The van der Waals surface area contributed by atoms with E-state index in [0.29, 0.717) is 31.3 Å². The number of hydrogen-bond donors (Lipinski definition) is 1. The zero-order chi connectivity index (χ0) is 19.2. The van der Waals surface area contributed by atoms with Gasteiger partial charge in [-0.1, -0.05) is 38.1 Å². The SMILES string of the molecule is C[C@@H]1C[C@@H](C)CN(C(=O)CN2C(=O)N[C@]3(CCCc4ccccc43)C2=O)C1. The molecule has 0 bridgehead atoms. The zero-order valence-electron chi connectivity index (χ0n) is 16.0. The van der Waals surface area contributed by atoms with Crippen LogP contribution in [-0.4, -0.2) is 47.3 Å². The third kappa shape index (κ3) is 3.01. The number of nitrogens with one attached hydrogen (secondary N) is 1. The van der Waals surface area contributed by atoms with E-state index in [0.717, 1.165) is 35.3 Å². The maximum atomic E-state index is 13.3. The van der Waals surface area contributed by atoms with Gasteiger partial charge < -0.3 is 10.2 Å². The topological polar surface area (TPSA) is 69.7 Å². The molecule has 4 rings (SSSR count). The van der Waals surface area contributed by atoms with Gasteiger partial charge >= 0.3 is 6.03 Å². The summed E-state index contributed by atoms with van der Waals surface area (Å²) >= 11 is 0. The molecule has 0 unspecified atom stereocenters. The summed E-state index contributed by atoms with van der Waals surface area (Å²) < 4.78 is 0. The van der Waals surface area contributed by atoms with Crippen molar-refractivity contribution in [2.24, 2.45) is 11.8 Å². The Balaban J connectivity index is 1.55. The molecular weight excluding hydrogens is 342 g/mol. The number of aryl methyl sites for hydroxylation is 1. The van der Waals surface area contributed by atoms with Crippen LogP contribution in [0.25, 0.3) is 0 Å². The summed E-state index contributed by atoms with van der Waals surface area (Å²) in [6.45, 7) is 5.49. The van der Waals surface area contributed by atoms with Gasteiger partial charge in [0.25, 0.3) is 5.91 Å². The number of carbonyl (C=O) groups excluding carboxylic acids is 3. The Morgan fingerprint density at radius 3 is 2.63 bits per heavy atom. The van der Waals surface area contributed by atoms with Crippen molar-refractivity contribution in [2.45, 2.75) is 45.1 Å². The molecule has 6 nitrogen and oxygen atoms in total. The average Bonchev–Trinajstić information content (AvgIpc) is 2.86. The predicted octanol–water partition coefficient (Wildman–Crippen LogP) is 2.27. The zero-order valence-corrected chi connectivity index (χ0v) is 16.0. The van der Waals surface area contributed by atoms with E-state index in [1.807, 2.05) is 24.3 Å². The number of nitrogens with zero attached hydrogens (tertiary/aromatic N) is 2. The molecule has 1 aliphatic carbocycles. The Morgan fingerprint density at radius 1 is 1.19 bits per heavy atom. The molecule has 144 valence electrons. The summed E-state index contributed by atoms with van der Waals surface area (Å²) in [5, 5.41) is 2.92. The Hall–Kier alpha value is -2.37. The molecule has 2 heterocycles. The summed E-state index contributed by atoms with van der Waals surface area (Å²) in [7, 11) is 0. The molecule has 1 N–H and O–H groups in total. The van der Waals surface area contributed by atoms with E-state index in [4.69, 9.17) is 0 Å². The van der Waals surface area contributed by atoms with Crippen molar-refractivity contribution in [1.82, 2.24) is 15.1 Å². The molecule has 4 amide bonds. The van der Waals surface area contributed by atoms with Gasteiger partial charge in [-0.25, -0.2) is 4.79 Å². The van der Waals surface area contributed by atoms with Crippen molar-refractivity contribution >= 4 is 17.8 Å². The van der Waals surface area contributed by atoms with E-state index in [2.05, 4.69) is 19.2 Å². The van der Waals surface area contributed by atoms with Gasteiger partial charge in [0.15, 0.2) is 0 Å². The Labute approximate surface area is 159 Å². The molecule has 3 atom stereocenters. The molecule has 3 aliphatic rings. The number of carbonyl (C=O) groups is 3. The predicted molar refractivity (Wildman–Crippen MR) is 101 cm³/mol. The van der Waals surface area contributed by atoms with Gasteiger partial charge in [0, 0.05) is 13.1 Å². The first-order chi connectivity index (χ1) is 12.9. The quantitative estimate of drug-likeness (QED) is 0.813. The number of likely N-dealkylation sites (tertiary alicyclic amines) is 1. The highest BCUT2D eigenvalue weighted by Crippen LogP contribution is 2.39. The van der Waals surface area contributed by atoms with Gasteiger partial charge in [-0.05, 0) is 48.6 Å². The minimum Gasteiger partial charge on any atom is -0.341 e. The molecule has 0 aromatic heterocycles. The number of amides is 4. The second kappa shape index (κ2) is 6.66. The first kappa shape index (κ1) is 18.0. The molecule has 1 aromatic carbocycles. The third-order valence-corrected chi connectivity index (χ3v) is 6.17. The van der Waals surface area contributed by atoms with Gasteiger partial charge in [0.1, 0.15) is 12.1 Å². The van der Waals surface area contributed by atoms with E-state index in [-0.39, 0.29) is 18.4 Å². The lowest BCUT2D eigenvalue weighted by atomic mass is 9.76. The summed E-state index contributed by atoms with van der Waals surface area (Å²) in [5.74, 6) is 0.457. The van der Waals surface area contributed by atoms with Gasteiger partial charge in [0.2, 0.25) is 5.91 Å². The average molecular weight is 369 g/mol. The molecule has 2 aliphatic heterocycles. The van der Waals surface area contributed by atoms with E-state index in [9.17, 15) is 14.4 Å². The lowest BCUT2D eigenvalue weighted by Crippen LogP contribution is -2.49. The highest BCUT2D eigenvalue weighted by Gasteiger charge is 2.54. The molecule has 1 aromatic rings. The van der Waals surface area contributed by atoms with Gasteiger partial charge in [0.05, 0.1) is 0 Å². The van der Waals surface area contributed by atoms with Crippen molar-refractivity contribution < 1.29 is 14.4 Å². The van der Waals surface area contributed by atoms with Crippen LogP contribution < -0.4 is 5.32 Å². The summed E-state index contributed by atoms with van der Waals surface area (Å²) in [6.07, 6.45) is 3.43. The molecule has 0 saturated carbocycles. The van der Waals surface area contributed by atoms with Crippen LogP contribution >= 0.6 is 0 Å². The number of hydrogen-bond acceptors (Lipinski definition) is 3. The van der Waals surface area contributed by atoms with Crippen LogP contribution in [0.1, 0.15) is 44.2 Å². The number of fused-ring (bicyclic) bond motifs is 2. The molecule has 1 spiro atoms. The van der Waals surface area contributed by atoms with Crippen LogP contribution in [0.3, 0.4) is 0 Å². The van der Waals surface area contributed by atoms with Crippen molar-refractivity contribution in [1.29, 1.82) is 0 Å². The smallest absolute Gasteiger partial charge is 0.325 e. The fraction of sp³-hybridized carbons (Fsp3) is 0.571. The van der Waals surface area contributed by atoms with Crippen molar-refractivity contribution in [3.05, 3.63) is 35.4 Å². The molecule has 27 heavy (non-hydrogen) atoms. The monoisotopic (exact) mass is 369 g/mol. The maximum Gasteiger partial charge on any atom is 0.325 e. The fourth-order valence-corrected chi connectivity index (χ4v) is 5.06. The lowest BCUT2D eigenvalue weighted by molar-refractivity contribution is -0.140. The molecule has 2 fully saturated rings. The van der Waals surface area contributed by atoms with Crippen molar-refractivity contribution in [3.63, 3.8) is 0 Å². The number of imide groups is 1. The second-order valence-corrected chi connectivity index (χ2v) is 8.48. The number of benzene rings is 1. The number of rotatable bonds is 2. The first-order valence-electron chi connectivity index (χ1n) is 9.91. The van der Waals surface area contributed by atoms with Crippen LogP contribution in [0.4, 0.5) is 4.79 Å². The number of urea groups is 1. The minimum absolute atomic E-state index is 0.141. The standard InChI is InChI=1S/C21H27N3O3/c1-14-10-15(2)12-23(11-14)18(25)13-24-19(26)21(22-20(24)27)9-5-7-16-6-3-4-8-17(16)21/h3-4,6,8,14-15H,5,7,9-13H2,1-2H3,(H,22,27)/t14-,15-,21+/m1/s1. The first-order valence-corrected chi connectivity index (χ1v) is 9.91. The highest BCUT2D eigenvalue weighted by molar-refractivity contribution is 6.09. The maximum absolute atomic E-state index is 13.3. The van der Waals surface area contributed by atoms with Crippen LogP contribution in [0.5, 0.6) is 0 Å². The van der Waals surface area contributed by atoms with E-state index in [1.165, 1.54) is 0 Å². The molecule has 6 heteroatoms. The van der Waals surface area contributed by atoms with E-state index < -0.39 is 11.6 Å². The molecule has 0 radical (unpaired) electrons. The van der Waals surface area contributed by atoms with Gasteiger partial charge in [-0.15, -0.1) is 0 Å². The summed E-state index contributed by atoms with van der Waals surface area (Å²) in [6, 6.07) is 7.34. The Morgan fingerprint density at radius 2 is 1.89 bits per heavy atom. The van der Waals surface area contributed by atoms with E-state index in [1.54, 1.807) is 4.90 Å². The Bertz CT molecular complexity index is 783. The minimum atomic E-state index is -1.01. The van der Waals surface area contributed by atoms with Crippen LogP contribution in [-0.2, 0) is 21.5 Å². The summed E-state index contributed by atoms with van der Waals surface area (Å²) in [4.78, 5) is 41.6. The normalized spacial score (nSPS) is 30.4. The number of piperidine rings is 1. The van der Waals surface area contributed by atoms with Crippen LogP contribution in [0.2, 0.25) is 0 Å². The van der Waals surface area contributed by atoms with Crippen LogP contribution in [0.15, 0.2) is 24.3 Å². The second-order valence-electron chi connectivity index (χ2n) is 8.48. The fourth-order valence-electron chi connectivity index (χ4n) is 5.06. The lowest BCUT2D eigenvalue weighted by Gasteiger charge is -2.36. The van der Waals surface area contributed by atoms with E-state index >= 15 is 0 Å². The summed E-state index contributed by atoms with van der Waals surface area (Å²) in [5.41, 5.74) is 0.975. The molecular formula is C21H27N3O3. The van der Waals surface area contributed by atoms with Gasteiger partial charge in [-0.3, -0.25) is 14.5 Å².